The average Bonchev–Trinajstić information content (AvgIpc) is 3.94. The first-order chi connectivity index (χ1) is 38.1. The molecule has 0 N–H and O–H groups in total. The van der Waals surface area contributed by atoms with Gasteiger partial charge in [0.1, 0.15) is 5.57 Å². The molecule has 1 aliphatic heterocycles. The number of benzene rings is 2. The third-order valence-corrected chi connectivity index (χ3v) is 16.7. The third-order valence-electron chi connectivity index (χ3n) is 16.7. The second-order valence-corrected chi connectivity index (χ2v) is 23.9. The van der Waals surface area contributed by atoms with Crippen molar-refractivity contribution in [3.8, 4) is 11.8 Å². The molecule has 3 rings (SSSR count). The van der Waals surface area contributed by atoms with Crippen LogP contribution in [0.25, 0.3) is 16.9 Å². The number of unbranched alkanes of at least 4 members (excludes halogenated alkanes) is 36. The number of hydrogen-bond donors (Lipinski definition) is 0. The maximum Gasteiger partial charge on any atom is 2.00 e. The molecule has 0 bridgehead atoms. The molecule has 0 spiro atoms. The smallest absolute Gasteiger partial charge is 0.493 e. The van der Waals surface area contributed by atoms with E-state index in [1.165, 1.54) is 282 Å². The summed E-state index contributed by atoms with van der Waals surface area (Å²) in [6.07, 6.45) is 60.7. The molecule has 454 valence electrons. The summed E-state index contributed by atoms with van der Waals surface area (Å²) in [5.41, 5.74) is 26.9. The molecule has 0 amide bonds. The maximum atomic E-state index is 12.3. The Hall–Kier alpha value is -2.43. The van der Waals surface area contributed by atoms with Crippen molar-refractivity contribution in [1.29, 1.82) is 0 Å². The predicted molar refractivity (Wildman–Crippen MR) is 352 cm³/mol. The number of nitrogens with zero attached hydrogens (tertiary/aromatic N) is 2. The molecular weight excluding hydrogens is 1000 g/mol. The van der Waals surface area contributed by atoms with Gasteiger partial charge < -0.3 is 19.4 Å². The number of allylic oxidation sites excluding steroid dienone is 2. The van der Waals surface area contributed by atoms with Gasteiger partial charge in [0.2, 0.25) is 11.4 Å². The van der Waals surface area contributed by atoms with Crippen LogP contribution in [0.3, 0.4) is 0 Å². The molecule has 0 saturated heterocycles. The van der Waals surface area contributed by atoms with Crippen LogP contribution in [0, 0.1) is 46.5 Å². The minimum Gasteiger partial charge on any atom is -0.493 e. The van der Waals surface area contributed by atoms with E-state index < -0.39 is 0 Å². The Balaban J connectivity index is 0.00000184. The number of aryl methyl sites for hydroxylation is 4. The van der Waals surface area contributed by atoms with Crippen molar-refractivity contribution in [1.82, 2.24) is 0 Å². The molecule has 0 aliphatic carbocycles. The first-order valence-electron chi connectivity index (χ1n) is 34.4. The van der Waals surface area contributed by atoms with Gasteiger partial charge in [-0.1, -0.05) is 285 Å². The topological polar surface area (TPSA) is 25.3 Å². The molecule has 0 atom stereocenters. The summed E-state index contributed by atoms with van der Waals surface area (Å²) in [7, 11) is 0. The van der Waals surface area contributed by atoms with Gasteiger partial charge in [-0.3, -0.25) is 0 Å². The molecule has 2 aromatic rings. The van der Waals surface area contributed by atoms with Gasteiger partial charge in [-0.2, -0.15) is 12.8 Å². The van der Waals surface area contributed by atoms with Crippen LogP contribution < -0.4 is 0 Å². The van der Waals surface area contributed by atoms with E-state index in [-0.39, 0.29) is 16.5 Å². The average molecular weight is 1130 g/mol. The van der Waals surface area contributed by atoms with Gasteiger partial charge in [-0.05, 0) is 130 Å². The molecule has 0 saturated carbocycles. The van der Waals surface area contributed by atoms with Gasteiger partial charge >= 0.3 is 16.5 Å². The second-order valence-electron chi connectivity index (χ2n) is 23.9. The van der Waals surface area contributed by atoms with Crippen LogP contribution in [-0.2, 0) is 35.8 Å². The molecule has 1 aliphatic rings. The van der Waals surface area contributed by atoms with Crippen LogP contribution in [0.15, 0.2) is 35.4 Å². The van der Waals surface area contributed by atoms with E-state index in [9.17, 15) is 5.53 Å². The predicted octanol–water partition coefficient (Wildman–Crippen LogP) is 26.0. The summed E-state index contributed by atoms with van der Waals surface area (Å²) in [5.74, 6) is 7.30. The Morgan fingerprint density at radius 2 is 0.709 bits per heavy atom. The van der Waals surface area contributed by atoms with Gasteiger partial charge in [-0.15, -0.1) is 0 Å². The Labute approximate surface area is 505 Å². The van der Waals surface area contributed by atoms with E-state index in [0.717, 1.165) is 79.5 Å². The molecular formula is C76H130N2Ni. The minimum atomic E-state index is 0. The molecule has 2 nitrogen and oxygen atoms in total. The summed E-state index contributed by atoms with van der Waals surface area (Å²) in [4.78, 5) is 0. The van der Waals surface area contributed by atoms with Gasteiger partial charge in [0.15, 0.2) is 0 Å². The fraction of sp³-hybridized carbons (Fsp3) is 0.737. The van der Waals surface area contributed by atoms with E-state index in [2.05, 4.69) is 119 Å². The molecule has 2 aromatic carbocycles. The minimum absolute atomic E-state index is 0. The summed E-state index contributed by atoms with van der Waals surface area (Å²) < 4.78 is 1.52. The van der Waals surface area contributed by atoms with Crippen molar-refractivity contribution in [2.24, 2.45) is 0 Å². The zero-order valence-corrected chi connectivity index (χ0v) is 55.4. The Morgan fingerprint density at radius 3 is 1.05 bits per heavy atom. The van der Waals surface area contributed by atoms with Crippen LogP contribution in [0.1, 0.15) is 369 Å². The van der Waals surface area contributed by atoms with E-state index in [1.807, 2.05) is 0 Å². The molecule has 0 fully saturated rings. The summed E-state index contributed by atoms with van der Waals surface area (Å²) >= 11 is 0. The fourth-order valence-electron chi connectivity index (χ4n) is 11.3. The normalized spacial score (nSPS) is 12.1. The summed E-state index contributed by atoms with van der Waals surface area (Å²) in [6.45, 7) is 30.2. The molecule has 0 radical (unpaired) electrons. The van der Waals surface area contributed by atoms with Crippen LogP contribution in [0.2, 0.25) is 0 Å². The van der Waals surface area contributed by atoms with Crippen molar-refractivity contribution in [2.75, 3.05) is 0 Å². The fourth-order valence-corrected chi connectivity index (χ4v) is 11.3. The van der Waals surface area contributed by atoms with Crippen LogP contribution in [0.5, 0.6) is 0 Å². The second kappa shape index (κ2) is 53.6. The van der Waals surface area contributed by atoms with Gasteiger partial charge in [0, 0.05) is 23.1 Å². The molecule has 1 heterocycles. The summed E-state index contributed by atoms with van der Waals surface area (Å²) in [5, 5.41) is 0. The number of rotatable bonds is 45. The van der Waals surface area contributed by atoms with Crippen molar-refractivity contribution >= 4 is 11.4 Å². The Morgan fingerprint density at radius 1 is 0.392 bits per heavy atom. The van der Waals surface area contributed by atoms with E-state index in [1.54, 1.807) is 5.56 Å². The molecule has 0 aromatic heterocycles. The first-order valence-corrected chi connectivity index (χ1v) is 34.4. The molecule has 0 unspecified atom stereocenters. The zero-order chi connectivity index (χ0) is 57.3. The van der Waals surface area contributed by atoms with Crippen molar-refractivity contribution in [3.63, 3.8) is 0 Å². The largest absolute Gasteiger partial charge is 2.00 e. The standard InChI is InChI=1S/C50H76N2.2C13H27.Ni/c1-9-14-18-19-20-21-22-23-24-25-26-27-28-29-30-34-48-46(13-5)49(44-35-39(6)41(8)40(7)36-44)52(51)50(48)45-37-42(31-15-10-2)47(33-17-12-4)43(38-45)32-16-11-3;2*1-3-5-7-9-11-13-12-10-8-6-4-2;/h35-38H,9-29,31-33H2,1-8H3;2*1,3-13H2,2H3;/q;2*-1;+2. The molecule has 79 heavy (non-hydrogen) atoms. The number of hydrogen-bond acceptors (Lipinski definition) is 0. The van der Waals surface area contributed by atoms with E-state index in [4.69, 9.17) is 0 Å². The van der Waals surface area contributed by atoms with E-state index in [0.29, 0.717) is 0 Å². The van der Waals surface area contributed by atoms with Crippen molar-refractivity contribution in [3.05, 3.63) is 99.3 Å². The quantitative estimate of drug-likeness (QED) is 0.0208. The SMILES string of the molecule is CCCCCCCCCCCCCCCC#CC1=C(c2cc(CCCC)c(CCCC)c(CCCC)c2)[N+](=[N-])C(c2cc(C)c(C)c(C)c2)=C1CC.[CH2-]CCCCCCCCCCCC.[CH2-]CCCCCCCCCCCC.[Ni+2]. The van der Waals surface area contributed by atoms with Crippen molar-refractivity contribution < 1.29 is 21.2 Å². The van der Waals surface area contributed by atoms with Crippen LogP contribution in [0.4, 0.5) is 0 Å². The Bertz CT molecular complexity index is 1820. The monoisotopic (exact) mass is 1130 g/mol. The van der Waals surface area contributed by atoms with Crippen molar-refractivity contribution in [2.45, 2.75) is 365 Å². The van der Waals surface area contributed by atoms with Gasteiger partial charge in [0.25, 0.3) is 0 Å². The Kier molecular flexibility index (Phi) is 51.9. The van der Waals surface area contributed by atoms with E-state index >= 15 is 0 Å². The van der Waals surface area contributed by atoms with Crippen LogP contribution in [-0.4, -0.2) is 4.70 Å². The molecule has 3 heteroatoms. The summed E-state index contributed by atoms with van der Waals surface area (Å²) in [6, 6.07) is 9.35. The first kappa shape index (κ1) is 76.6. The van der Waals surface area contributed by atoms with Crippen LogP contribution >= 0.6 is 0 Å². The third kappa shape index (κ3) is 34.7. The zero-order valence-electron chi connectivity index (χ0n) is 54.5. The maximum absolute atomic E-state index is 12.3. The van der Waals surface area contributed by atoms with Gasteiger partial charge in [0.05, 0.1) is 0 Å². The van der Waals surface area contributed by atoms with Gasteiger partial charge in [-0.25, -0.2) is 4.70 Å².